The summed E-state index contributed by atoms with van der Waals surface area (Å²) in [4.78, 5) is 5.76. The highest BCUT2D eigenvalue weighted by Gasteiger charge is 2.39. The molecule has 0 radical (unpaired) electrons. The number of nitrogens with zero attached hydrogens (tertiary/aromatic N) is 2. The van der Waals surface area contributed by atoms with Crippen LogP contribution in [0.15, 0.2) is 39.8 Å². The summed E-state index contributed by atoms with van der Waals surface area (Å²) >= 11 is 1.80. The van der Waals surface area contributed by atoms with Crippen LogP contribution in [0.4, 0.5) is 0 Å². The fourth-order valence-electron chi connectivity index (χ4n) is 2.23. The van der Waals surface area contributed by atoms with Gasteiger partial charge in [0.05, 0.1) is 5.54 Å². The van der Waals surface area contributed by atoms with Crippen molar-refractivity contribution < 1.29 is 4.52 Å². The van der Waals surface area contributed by atoms with E-state index in [1.807, 2.05) is 18.2 Å². The first kappa shape index (κ1) is 13.6. The van der Waals surface area contributed by atoms with Crippen molar-refractivity contribution in [1.82, 2.24) is 10.1 Å². The van der Waals surface area contributed by atoms with Gasteiger partial charge in [-0.15, -0.1) is 11.8 Å². The molecule has 1 fully saturated rings. The minimum atomic E-state index is -0.339. The second-order valence-electron chi connectivity index (χ2n) is 5.49. The van der Waals surface area contributed by atoms with Crippen molar-refractivity contribution in [1.29, 1.82) is 0 Å². The first-order valence-electron chi connectivity index (χ1n) is 6.98. The first-order valence-corrected chi connectivity index (χ1v) is 7.97. The van der Waals surface area contributed by atoms with Crippen molar-refractivity contribution in [2.45, 2.75) is 42.5 Å². The summed E-state index contributed by atoms with van der Waals surface area (Å²) in [7, 11) is 0. The highest BCUT2D eigenvalue weighted by molar-refractivity contribution is 7.99. The van der Waals surface area contributed by atoms with Gasteiger partial charge in [0.15, 0.2) is 5.82 Å². The fraction of sp³-hybridized carbons (Fsp3) is 0.467. The summed E-state index contributed by atoms with van der Waals surface area (Å²) in [6, 6.07) is 10.3. The summed E-state index contributed by atoms with van der Waals surface area (Å²) in [6.07, 6.45) is 3.07. The Morgan fingerprint density at radius 2 is 2.10 bits per heavy atom. The molecule has 20 heavy (non-hydrogen) atoms. The Hall–Kier alpha value is -1.33. The smallest absolute Gasteiger partial charge is 0.230 e. The van der Waals surface area contributed by atoms with Crippen LogP contribution in [0.3, 0.4) is 0 Å². The van der Waals surface area contributed by atoms with Crippen molar-refractivity contribution in [2.75, 3.05) is 5.75 Å². The number of benzene rings is 1. The largest absolute Gasteiger partial charge is 0.339 e. The van der Waals surface area contributed by atoms with Crippen LogP contribution in [0, 0.1) is 0 Å². The second kappa shape index (κ2) is 5.58. The van der Waals surface area contributed by atoms with Gasteiger partial charge in [-0.3, -0.25) is 0 Å². The molecule has 0 spiro atoms. The van der Waals surface area contributed by atoms with Crippen LogP contribution >= 0.6 is 11.8 Å². The van der Waals surface area contributed by atoms with E-state index in [0.29, 0.717) is 11.7 Å². The molecule has 1 atom stereocenters. The minimum absolute atomic E-state index is 0.227. The second-order valence-corrected chi connectivity index (χ2v) is 6.58. The lowest BCUT2D eigenvalue weighted by Crippen LogP contribution is -2.44. The Morgan fingerprint density at radius 3 is 2.75 bits per heavy atom. The topological polar surface area (TPSA) is 64.9 Å². The zero-order chi connectivity index (χ0) is 14.0. The summed E-state index contributed by atoms with van der Waals surface area (Å²) < 4.78 is 5.38. The molecule has 3 rings (SSSR count). The predicted molar refractivity (Wildman–Crippen MR) is 79.6 cm³/mol. The Bertz CT molecular complexity index is 566. The zero-order valence-electron chi connectivity index (χ0n) is 11.6. The van der Waals surface area contributed by atoms with Crippen LogP contribution in [-0.4, -0.2) is 15.9 Å². The van der Waals surface area contributed by atoms with Gasteiger partial charge in [0, 0.05) is 16.6 Å². The predicted octanol–water partition coefficient (Wildman–Crippen LogP) is 3.30. The fourth-order valence-corrected chi connectivity index (χ4v) is 3.16. The van der Waals surface area contributed by atoms with Gasteiger partial charge in [-0.25, -0.2) is 0 Å². The molecule has 1 aromatic carbocycles. The molecule has 1 aromatic heterocycles. The van der Waals surface area contributed by atoms with Crippen molar-refractivity contribution >= 4 is 11.8 Å². The van der Waals surface area contributed by atoms with Gasteiger partial charge in [0.1, 0.15) is 0 Å². The Kier molecular flexibility index (Phi) is 3.81. The molecule has 0 amide bonds. The van der Waals surface area contributed by atoms with Crippen molar-refractivity contribution in [3.05, 3.63) is 42.0 Å². The van der Waals surface area contributed by atoms with E-state index in [0.717, 1.165) is 25.0 Å². The monoisotopic (exact) mass is 289 g/mol. The minimum Gasteiger partial charge on any atom is -0.339 e. The molecular formula is C15H19N3OS. The lowest BCUT2D eigenvalue weighted by molar-refractivity contribution is 0.228. The third-order valence-electron chi connectivity index (χ3n) is 3.80. The Labute approximate surface area is 123 Å². The van der Waals surface area contributed by atoms with E-state index in [1.165, 1.54) is 4.90 Å². The molecule has 0 saturated heterocycles. The van der Waals surface area contributed by atoms with Crippen LogP contribution in [0.25, 0.3) is 0 Å². The van der Waals surface area contributed by atoms with E-state index in [2.05, 4.69) is 29.2 Å². The molecule has 1 unspecified atom stereocenters. The van der Waals surface area contributed by atoms with Crippen LogP contribution < -0.4 is 5.73 Å². The summed E-state index contributed by atoms with van der Waals surface area (Å²) in [5.74, 6) is 2.52. The maximum absolute atomic E-state index is 6.21. The van der Waals surface area contributed by atoms with Crippen LogP contribution in [-0.2, 0) is 5.54 Å². The lowest BCUT2D eigenvalue weighted by Gasteiger charge is -2.34. The number of hydrogen-bond acceptors (Lipinski definition) is 5. The third-order valence-corrected chi connectivity index (χ3v) is 5.07. The van der Waals surface area contributed by atoms with Crippen LogP contribution in [0.1, 0.15) is 43.8 Å². The molecule has 1 saturated carbocycles. The van der Waals surface area contributed by atoms with Gasteiger partial charge in [0.2, 0.25) is 5.89 Å². The standard InChI is InChI=1S/C15H19N3OS/c1-11(10-20-12-6-3-2-4-7-12)13-17-14(18-19-13)15(16)8-5-9-15/h2-4,6-7,11H,5,8-10,16H2,1H3. The molecule has 1 aliphatic carbocycles. The molecule has 0 aliphatic heterocycles. The molecule has 2 N–H and O–H groups in total. The van der Waals surface area contributed by atoms with Gasteiger partial charge in [-0.2, -0.15) is 4.98 Å². The van der Waals surface area contributed by atoms with Gasteiger partial charge in [-0.1, -0.05) is 30.3 Å². The molecular weight excluding hydrogens is 270 g/mol. The lowest BCUT2D eigenvalue weighted by atomic mass is 9.77. The number of aromatic nitrogens is 2. The van der Waals surface area contributed by atoms with Crippen molar-refractivity contribution in [3.8, 4) is 0 Å². The first-order chi connectivity index (χ1) is 9.67. The quantitative estimate of drug-likeness (QED) is 0.855. The molecule has 1 heterocycles. The number of hydrogen-bond donors (Lipinski definition) is 1. The van der Waals surface area contributed by atoms with Crippen molar-refractivity contribution in [2.24, 2.45) is 5.73 Å². The van der Waals surface area contributed by atoms with Gasteiger partial charge < -0.3 is 10.3 Å². The van der Waals surface area contributed by atoms with Gasteiger partial charge >= 0.3 is 0 Å². The Balaban J connectivity index is 1.61. The summed E-state index contributed by atoms with van der Waals surface area (Å²) in [5.41, 5.74) is 5.87. The van der Waals surface area contributed by atoms with E-state index in [4.69, 9.17) is 10.3 Å². The molecule has 4 nitrogen and oxygen atoms in total. The van der Waals surface area contributed by atoms with Gasteiger partial charge in [-0.05, 0) is 31.4 Å². The van der Waals surface area contributed by atoms with E-state index >= 15 is 0 Å². The van der Waals surface area contributed by atoms with Gasteiger partial charge in [0.25, 0.3) is 0 Å². The Morgan fingerprint density at radius 1 is 1.35 bits per heavy atom. The number of rotatable bonds is 5. The summed E-state index contributed by atoms with van der Waals surface area (Å²) in [6.45, 7) is 2.11. The van der Waals surface area contributed by atoms with Crippen LogP contribution in [0.5, 0.6) is 0 Å². The molecule has 1 aliphatic rings. The number of nitrogens with two attached hydrogens (primary N) is 1. The van der Waals surface area contributed by atoms with Crippen LogP contribution in [0.2, 0.25) is 0 Å². The average molecular weight is 289 g/mol. The maximum atomic E-state index is 6.21. The zero-order valence-corrected chi connectivity index (χ0v) is 12.4. The average Bonchev–Trinajstić information content (AvgIpc) is 2.93. The number of thioether (sulfide) groups is 1. The molecule has 5 heteroatoms. The third kappa shape index (κ3) is 2.74. The van der Waals surface area contributed by atoms with Crippen molar-refractivity contribution in [3.63, 3.8) is 0 Å². The highest BCUT2D eigenvalue weighted by Crippen LogP contribution is 2.37. The maximum Gasteiger partial charge on any atom is 0.230 e. The highest BCUT2D eigenvalue weighted by atomic mass is 32.2. The van der Waals surface area contributed by atoms with E-state index in [1.54, 1.807) is 11.8 Å². The molecule has 2 aromatic rings. The normalized spacial score (nSPS) is 18.5. The van der Waals surface area contributed by atoms with E-state index in [9.17, 15) is 0 Å². The molecule has 0 bridgehead atoms. The SMILES string of the molecule is CC(CSc1ccccc1)c1nc(C2(N)CCC2)no1. The van der Waals surface area contributed by atoms with E-state index in [-0.39, 0.29) is 11.5 Å². The van der Waals surface area contributed by atoms with E-state index < -0.39 is 0 Å². The molecule has 106 valence electrons. The summed E-state index contributed by atoms with van der Waals surface area (Å²) in [5, 5.41) is 4.07.